The highest BCUT2D eigenvalue weighted by Crippen LogP contribution is 2.18. The molecule has 1 heterocycles. The van der Waals surface area contributed by atoms with Gasteiger partial charge < -0.3 is 10.6 Å². The molecule has 2 aromatic rings. The molecule has 1 aromatic heterocycles. The van der Waals surface area contributed by atoms with Gasteiger partial charge in [-0.3, -0.25) is 4.79 Å². The molecule has 1 amide bonds. The van der Waals surface area contributed by atoms with Gasteiger partial charge in [0.25, 0.3) is 5.91 Å². The van der Waals surface area contributed by atoms with Gasteiger partial charge in [-0.25, -0.2) is 9.97 Å². The zero-order valence-corrected chi connectivity index (χ0v) is 12.2. The first kappa shape index (κ1) is 14.7. The molecule has 5 nitrogen and oxygen atoms in total. The number of aryl methyl sites for hydroxylation is 1. The van der Waals surface area contributed by atoms with Crippen molar-refractivity contribution in [1.82, 2.24) is 9.97 Å². The number of benzene rings is 1. The third-order valence-corrected chi connectivity index (χ3v) is 3.16. The van der Waals surface area contributed by atoms with Crippen LogP contribution in [0.3, 0.4) is 0 Å². The molecular weight excluding hydrogens is 264 g/mol. The van der Waals surface area contributed by atoms with E-state index >= 15 is 0 Å². The van der Waals surface area contributed by atoms with E-state index in [4.69, 9.17) is 0 Å². The van der Waals surface area contributed by atoms with Gasteiger partial charge in [0.2, 0.25) is 0 Å². The number of aromatic nitrogens is 2. The molecular formula is C16H18N4O. The fourth-order valence-corrected chi connectivity index (χ4v) is 1.79. The Labute approximate surface area is 124 Å². The van der Waals surface area contributed by atoms with Crippen molar-refractivity contribution in [1.29, 1.82) is 0 Å². The summed E-state index contributed by atoms with van der Waals surface area (Å²) < 4.78 is 0. The van der Waals surface area contributed by atoms with Gasteiger partial charge in [0.15, 0.2) is 0 Å². The van der Waals surface area contributed by atoms with Gasteiger partial charge in [-0.2, -0.15) is 0 Å². The summed E-state index contributed by atoms with van der Waals surface area (Å²) in [4.78, 5) is 20.4. The summed E-state index contributed by atoms with van der Waals surface area (Å²) in [6.07, 6.45) is 4.70. The molecule has 0 radical (unpaired) electrons. The molecule has 0 unspecified atom stereocenters. The van der Waals surface area contributed by atoms with E-state index in [0.717, 1.165) is 16.8 Å². The maximum atomic E-state index is 12.2. The quantitative estimate of drug-likeness (QED) is 0.827. The molecule has 0 atom stereocenters. The van der Waals surface area contributed by atoms with Crippen LogP contribution in [-0.4, -0.2) is 22.4 Å². The summed E-state index contributed by atoms with van der Waals surface area (Å²) in [5, 5.41) is 5.86. The zero-order chi connectivity index (χ0) is 15.2. The molecule has 21 heavy (non-hydrogen) atoms. The summed E-state index contributed by atoms with van der Waals surface area (Å²) in [6, 6.07) is 5.78. The first-order valence-corrected chi connectivity index (χ1v) is 6.66. The Morgan fingerprint density at radius 3 is 2.76 bits per heavy atom. The average molecular weight is 282 g/mol. The van der Waals surface area contributed by atoms with Gasteiger partial charge in [-0.15, -0.1) is 6.58 Å². The Hall–Kier alpha value is -2.69. The number of rotatable bonds is 5. The minimum atomic E-state index is -0.272. The second kappa shape index (κ2) is 6.65. The van der Waals surface area contributed by atoms with Crippen molar-refractivity contribution in [2.45, 2.75) is 13.8 Å². The second-order valence-corrected chi connectivity index (χ2v) is 4.66. The zero-order valence-electron chi connectivity index (χ0n) is 12.2. The van der Waals surface area contributed by atoms with E-state index < -0.39 is 0 Å². The maximum Gasteiger partial charge on any atom is 0.275 e. The van der Waals surface area contributed by atoms with Crippen molar-refractivity contribution in [2.24, 2.45) is 0 Å². The van der Waals surface area contributed by atoms with Crippen LogP contribution in [0.1, 0.15) is 21.6 Å². The molecule has 0 saturated carbocycles. The highest BCUT2D eigenvalue weighted by atomic mass is 16.1. The lowest BCUT2D eigenvalue weighted by atomic mass is 10.1. The predicted octanol–water partition coefficient (Wildman–Crippen LogP) is 2.94. The Kier molecular flexibility index (Phi) is 4.66. The Morgan fingerprint density at radius 1 is 1.29 bits per heavy atom. The summed E-state index contributed by atoms with van der Waals surface area (Å²) in [6.45, 7) is 8.18. The van der Waals surface area contributed by atoms with Crippen LogP contribution in [0, 0.1) is 13.8 Å². The van der Waals surface area contributed by atoms with E-state index in [1.807, 2.05) is 32.0 Å². The molecule has 1 aromatic carbocycles. The molecule has 5 heteroatoms. The van der Waals surface area contributed by atoms with E-state index in [2.05, 4.69) is 27.2 Å². The number of anilines is 2. The summed E-state index contributed by atoms with van der Waals surface area (Å²) in [5.41, 5.74) is 3.24. The number of nitrogens with zero attached hydrogens (tertiary/aromatic N) is 2. The second-order valence-electron chi connectivity index (χ2n) is 4.66. The largest absolute Gasteiger partial charge is 0.365 e. The van der Waals surface area contributed by atoms with Crippen LogP contribution < -0.4 is 10.6 Å². The maximum absolute atomic E-state index is 12.2. The van der Waals surface area contributed by atoms with Crippen molar-refractivity contribution in [3.8, 4) is 0 Å². The third-order valence-electron chi connectivity index (χ3n) is 3.16. The van der Waals surface area contributed by atoms with Crippen LogP contribution in [-0.2, 0) is 0 Å². The van der Waals surface area contributed by atoms with Gasteiger partial charge in [0.05, 0.1) is 12.4 Å². The van der Waals surface area contributed by atoms with Crippen LogP contribution >= 0.6 is 0 Å². The van der Waals surface area contributed by atoms with E-state index in [1.54, 1.807) is 6.08 Å². The fourth-order valence-electron chi connectivity index (χ4n) is 1.79. The Morgan fingerprint density at radius 2 is 2.10 bits per heavy atom. The first-order valence-electron chi connectivity index (χ1n) is 6.66. The molecule has 0 aliphatic carbocycles. The number of hydrogen-bond donors (Lipinski definition) is 2. The monoisotopic (exact) mass is 282 g/mol. The van der Waals surface area contributed by atoms with E-state index in [0.29, 0.717) is 12.4 Å². The van der Waals surface area contributed by atoms with Gasteiger partial charge in [0.1, 0.15) is 11.5 Å². The van der Waals surface area contributed by atoms with Crippen molar-refractivity contribution in [3.63, 3.8) is 0 Å². The van der Waals surface area contributed by atoms with Crippen molar-refractivity contribution in [3.05, 3.63) is 60.1 Å². The molecule has 2 N–H and O–H groups in total. The Balaban J connectivity index is 2.09. The molecule has 0 aliphatic heterocycles. The van der Waals surface area contributed by atoms with Gasteiger partial charge >= 0.3 is 0 Å². The lowest BCUT2D eigenvalue weighted by molar-refractivity contribution is 0.102. The third kappa shape index (κ3) is 3.66. The molecule has 0 aliphatic rings. The Bertz CT molecular complexity index is 650. The molecule has 0 fully saturated rings. The van der Waals surface area contributed by atoms with E-state index in [9.17, 15) is 4.79 Å². The van der Waals surface area contributed by atoms with Crippen molar-refractivity contribution in [2.75, 3.05) is 17.2 Å². The number of nitrogens with one attached hydrogen (secondary N) is 2. The van der Waals surface area contributed by atoms with Crippen LogP contribution in [0.25, 0.3) is 0 Å². The number of hydrogen-bond acceptors (Lipinski definition) is 4. The fraction of sp³-hybridized carbons (Fsp3) is 0.188. The number of amides is 1. The van der Waals surface area contributed by atoms with Crippen molar-refractivity contribution < 1.29 is 4.79 Å². The molecule has 0 bridgehead atoms. The molecule has 0 spiro atoms. The minimum Gasteiger partial charge on any atom is -0.365 e. The highest BCUT2D eigenvalue weighted by molar-refractivity contribution is 6.03. The smallest absolute Gasteiger partial charge is 0.275 e. The van der Waals surface area contributed by atoms with Gasteiger partial charge in [-0.1, -0.05) is 18.2 Å². The normalized spacial score (nSPS) is 10.0. The first-order chi connectivity index (χ1) is 10.1. The standard InChI is InChI=1S/C16H18N4O/c1-4-8-17-15-10-18-14(9-19-15)16(21)20-13-7-5-6-11(2)12(13)3/h4-7,9-10H,1,8H2,2-3H3,(H,17,19)(H,20,21). The van der Waals surface area contributed by atoms with E-state index in [1.165, 1.54) is 12.4 Å². The SMILES string of the molecule is C=CCNc1cnc(C(=O)Nc2cccc(C)c2C)cn1. The predicted molar refractivity (Wildman–Crippen MR) is 84.6 cm³/mol. The van der Waals surface area contributed by atoms with Crippen LogP contribution in [0.15, 0.2) is 43.2 Å². The molecule has 0 saturated heterocycles. The lowest BCUT2D eigenvalue weighted by Gasteiger charge is -2.10. The van der Waals surface area contributed by atoms with Crippen LogP contribution in [0.5, 0.6) is 0 Å². The average Bonchev–Trinajstić information content (AvgIpc) is 2.50. The number of carbonyl (C=O) groups is 1. The van der Waals surface area contributed by atoms with Crippen LogP contribution in [0.2, 0.25) is 0 Å². The highest BCUT2D eigenvalue weighted by Gasteiger charge is 2.10. The van der Waals surface area contributed by atoms with Gasteiger partial charge in [0, 0.05) is 12.2 Å². The number of carbonyl (C=O) groups excluding carboxylic acids is 1. The molecule has 108 valence electrons. The minimum absolute atomic E-state index is 0.272. The topological polar surface area (TPSA) is 66.9 Å². The van der Waals surface area contributed by atoms with Crippen LogP contribution in [0.4, 0.5) is 11.5 Å². The van der Waals surface area contributed by atoms with Crippen molar-refractivity contribution >= 4 is 17.4 Å². The summed E-state index contributed by atoms with van der Waals surface area (Å²) >= 11 is 0. The summed E-state index contributed by atoms with van der Waals surface area (Å²) in [7, 11) is 0. The lowest BCUT2D eigenvalue weighted by Crippen LogP contribution is -2.15. The molecule has 2 rings (SSSR count). The van der Waals surface area contributed by atoms with Gasteiger partial charge in [-0.05, 0) is 31.0 Å². The summed E-state index contributed by atoms with van der Waals surface area (Å²) in [5.74, 6) is 0.338. The van der Waals surface area contributed by atoms with E-state index in [-0.39, 0.29) is 11.6 Å².